The summed E-state index contributed by atoms with van der Waals surface area (Å²) in [6, 6.07) is 1.59. The first kappa shape index (κ1) is 28.3. The molecular weight excluding hydrogens is 485 g/mol. The highest BCUT2D eigenvalue weighted by atomic mass is 19.4. The van der Waals surface area contributed by atoms with Gasteiger partial charge in [-0.15, -0.1) is 0 Å². The van der Waals surface area contributed by atoms with Crippen molar-refractivity contribution in [3.63, 3.8) is 0 Å². The van der Waals surface area contributed by atoms with Crippen LogP contribution in [0, 0.1) is 11.3 Å². The summed E-state index contributed by atoms with van der Waals surface area (Å²) in [7, 11) is 1.72. The molecule has 1 saturated heterocycles. The van der Waals surface area contributed by atoms with Crippen molar-refractivity contribution in [2.24, 2.45) is 17.1 Å². The van der Waals surface area contributed by atoms with Gasteiger partial charge in [-0.05, 0) is 56.2 Å². The number of methoxy groups -OCH3 is 1. The van der Waals surface area contributed by atoms with Crippen LogP contribution in [-0.4, -0.2) is 78.8 Å². The minimum Gasteiger partial charge on any atom is -0.379 e. The molecule has 3 heterocycles. The number of fused-ring (bicyclic) bond motifs is 1. The number of aromatic nitrogens is 1. The van der Waals surface area contributed by atoms with E-state index in [0.717, 1.165) is 50.9 Å². The first-order valence-corrected chi connectivity index (χ1v) is 13.5. The number of halogens is 3. The van der Waals surface area contributed by atoms with Crippen molar-refractivity contribution in [2.45, 2.75) is 83.3 Å². The Kier molecular flexibility index (Phi) is 8.82. The molecular formula is C27H41F3N4O3. The Labute approximate surface area is 217 Å². The van der Waals surface area contributed by atoms with Crippen molar-refractivity contribution < 1.29 is 27.4 Å². The number of alkyl halides is 3. The van der Waals surface area contributed by atoms with Crippen molar-refractivity contribution in [3.05, 3.63) is 29.1 Å². The molecule has 208 valence electrons. The molecule has 1 unspecified atom stereocenters. The molecule has 7 nitrogen and oxygen atoms in total. The zero-order chi connectivity index (χ0) is 26.8. The minimum atomic E-state index is -4.46. The first-order chi connectivity index (χ1) is 17.6. The van der Waals surface area contributed by atoms with E-state index in [1.807, 2.05) is 0 Å². The maximum absolute atomic E-state index is 14.1. The lowest BCUT2D eigenvalue weighted by molar-refractivity contribution is -0.146. The molecule has 0 radical (unpaired) electrons. The van der Waals surface area contributed by atoms with E-state index in [-0.39, 0.29) is 36.6 Å². The van der Waals surface area contributed by atoms with Gasteiger partial charge in [0.1, 0.15) is 0 Å². The van der Waals surface area contributed by atoms with Gasteiger partial charge in [0.15, 0.2) is 0 Å². The third-order valence-corrected chi connectivity index (χ3v) is 8.80. The van der Waals surface area contributed by atoms with E-state index in [2.05, 4.69) is 23.7 Å². The Morgan fingerprint density at radius 3 is 2.84 bits per heavy atom. The highest BCUT2D eigenvalue weighted by Gasteiger charge is 2.52. The fraction of sp³-hybridized carbons (Fsp3) is 0.778. The van der Waals surface area contributed by atoms with Crippen LogP contribution in [0.15, 0.2) is 12.3 Å². The summed E-state index contributed by atoms with van der Waals surface area (Å²) in [6.45, 7) is 7.53. The van der Waals surface area contributed by atoms with E-state index in [0.29, 0.717) is 44.0 Å². The average Bonchev–Trinajstić information content (AvgIpc) is 3.34. The van der Waals surface area contributed by atoms with Crippen LogP contribution in [-0.2, 0) is 33.4 Å². The average molecular weight is 527 g/mol. The SMILES string of the molecule is COC1COCC[C@@H]1N(CCCN)[C@@H]1CC[C@@](C(=O)N2CCc3ncc(C(F)(F)F)cc3C2)(C(C)C)C1. The van der Waals surface area contributed by atoms with E-state index in [9.17, 15) is 18.0 Å². The molecule has 1 saturated carbocycles. The smallest absolute Gasteiger partial charge is 0.379 e. The van der Waals surface area contributed by atoms with Crippen LogP contribution in [0.4, 0.5) is 13.2 Å². The van der Waals surface area contributed by atoms with Gasteiger partial charge in [0, 0.05) is 63.7 Å². The second-order valence-corrected chi connectivity index (χ2v) is 11.1. The topological polar surface area (TPSA) is 80.9 Å². The van der Waals surface area contributed by atoms with Crippen LogP contribution < -0.4 is 5.73 Å². The molecule has 1 aromatic heterocycles. The van der Waals surface area contributed by atoms with Gasteiger partial charge in [-0.25, -0.2) is 0 Å². The quantitative estimate of drug-likeness (QED) is 0.557. The Bertz CT molecular complexity index is 944. The number of nitrogens with two attached hydrogens (primary N) is 1. The molecule has 2 aliphatic heterocycles. The maximum Gasteiger partial charge on any atom is 0.417 e. The summed E-state index contributed by atoms with van der Waals surface area (Å²) >= 11 is 0. The van der Waals surface area contributed by atoms with Crippen LogP contribution in [0.1, 0.15) is 62.8 Å². The largest absolute Gasteiger partial charge is 0.417 e. The van der Waals surface area contributed by atoms with Crippen molar-refractivity contribution in [2.75, 3.05) is 40.0 Å². The van der Waals surface area contributed by atoms with E-state index < -0.39 is 17.2 Å². The van der Waals surface area contributed by atoms with Gasteiger partial charge in [0.25, 0.3) is 0 Å². The van der Waals surface area contributed by atoms with E-state index in [1.165, 1.54) is 0 Å². The molecule has 37 heavy (non-hydrogen) atoms. The highest BCUT2D eigenvalue weighted by Crippen LogP contribution is 2.48. The van der Waals surface area contributed by atoms with Crippen LogP contribution >= 0.6 is 0 Å². The number of carbonyl (C=O) groups is 1. The predicted molar refractivity (Wildman–Crippen MR) is 134 cm³/mol. The molecule has 4 atom stereocenters. The first-order valence-electron chi connectivity index (χ1n) is 13.5. The summed E-state index contributed by atoms with van der Waals surface area (Å²) < 4.78 is 51.3. The van der Waals surface area contributed by atoms with Gasteiger partial charge in [0.05, 0.1) is 23.7 Å². The van der Waals surface area contributed by atoms with E-state index in [1.54, 1.807) is 12.0 Å². The number of pyridine rings is 1. The standard InChI is InChI=1S/C27H41F3N4O3/c1-18(2)26(25(35)33-11-6-22-19(16-33)13-20(15-32-22)27(28,29)30)8-5-21(14-26)34(10-4-9-31)23-7-12-37-17-24(23)36-3/h13,15,18,21,23-24H,4-12,14,16-17,31H2,1-3H3/t21-,23+,24?,26+/m1/s1. The van der Waals surface area contributed by atoms with Gasteiger partial charge in [-0.2, -0.15) is 13.2 Å². The number of hydrogen-bond donors (Lipinski definition) is 1. The second-order valence-electron chi connectivity index (χ2n) is 11.1. The molecule has 0 bridgehead atoms. The molecule has 0 aromatic carbocycles. The summed E-state index contributed by atoms with van der Waals surface area (Å²) in [5.41, 5.74) is 5.71. The molecule has 3 aliphatic rings. The summed E-state index contributed by atoms with van der Waals surface area (Å²) in [5, 5.41) is 0. The van der Waals surface area contributed by atoms with Gasteiger partial charge < -0.3 is 20.1 Å². The zero-order valence-electron chi connectivity index (χ0n) is 22.2. The van der Waals surface area contributed by atoms with Crippen molar-refractivity contribution >= 4 is 5.91 Å². The normalized spacial score (nSPS) is 28.7. The molecule has 4 rings (SSSR count). The van der Waals surface area contributed by atoms with Gasteiger partial charge in [-0.1, -0.05) is 13.8 Å². The number of carbonyl (C=O) groups excluding carboxylic acids is 1. The summed E-state index contributed by atoms with van der Waals surface area (Å²) in [4.78, 5) is 22.5. The lowest BCUT2D eigenvalue weighted by atomic mass is 9.73. The Morgan fingerprint density at radius 1 is 1.38 bits per heavy atom. The summed E-state index contributed by atoms with van der Waals surface area (Å²) in [6.07, 6.45) is 1.01. The van der Waals surface area contributed by atoms with Crippen LogP contribution in [0.3, 0.4) is 0 Å². The highest BCUT2D eigenvalue weighted by molar-refractivity contribution is 5.83. The van der Waals surface area contributed by atoms with Gasteiger partial charge >= 0.3 is 6.18 Å². The Balaban J connectivity index is 1.55. The van der Waals surface area contributed by atoms with E-state index >= 15 is 0 Å². The fourth-order valence-electron chi connectivity index (χ4n) is 6.56. The molecule has 10 heteroatoms. The third kappa shape index (κ3) is 5.82. The molecule has 0 spiro atoms. The predicted octanol–water partition coefficient (Wildman–Crippen LogP) is 3.63. The third-order valence-electron chi connectivity index (χ3n) is 8.80. The zero-order valence-corrected chi connectivity index (χ0v) is 22.2. The van der Waals surface area contributed by atoms with Crippen LogP contribution in [0.2, 0.25) is 0 Å². The lowest BCUT2D eigenvalue weighted by Gasteiger charge is -2.44. The molecule has 1 aliphatic carbocycles. The number of rotatable bonds is 8. The van der Waals surface area contributed by atoms with Crippen molar-refractivity contribution in [1.82, 2.24) is 14.8 Å². The molecule has 1 aromatic rings. The monoisotopic (exact) mass is 526 g/mol. The maximum atomic E-state index is 14.1. The number of ether oxygens (including phenoxy) is 2. The lowest BCUT2D eigenvalue weighted by Crippen LogP contribution is -2.54. The molecule has 1 amide bonds. The van der Waals surface area contributed by atoms with Crippen LogP contribution in [0.25, 0.3) is 0 Å². The van der Waals surface area contributed by atoms with Gasteiger partial charge in [-0.3, -0.25) is 14.7 Å². The van der Waals surface area contributed by atoms with Crippen molar-refractivity contribution in [3.8, 4) is 0 Å². The van der Waals surface area contributed by atoms with Gasteiger partial charge in [0.2, 0.25) is 5.91 Å². The number of nitrogens with zero attached hydrogens (tertiary/aromatic N) is 3. The fourth-order valence-corrected chi connectivity index (χ4v) is 6.56. The molecule has 2 N–H and O–H groups in total. The van der Waals surface area contributed by atoms with Crippen LogP contribution in [0.5, 0.6) is 0 Å². The number of hydrogen-bond acceptors (Lipinski definition) is 6. The second kappa shape index (κ2) is 11.6. The Morgan fingerprint density at radius 2 is 2.16 bits per heavy atom. The summed E-state index contributed by atoms with van der Waals surface area (Å²) in [5.74, 6) is 0.164. The number of amides is 1. The van der Waals surface area contributed by atoms with E-state index in [4.69, 9.17) is 15.2 Å². The van der Waals surface area contributed by atoms with Crippen molar-refractivity contribution in [1.29, 1.82) is 0 Å². The Hall–Kier alpha value is -1.75. The molecule has 2 fully saturated rings. The minimum absolute atomic E-state index is 0.0230.